The van der Waals surface area contributed by atoms with E-state index in [0.717, 1.165) is 31.7 Å². The Hall–Kier alpha value is -2.41. The number of anilines is 1. The van der Waals surface area contributed by atoms with Crippen molar-refractivity contribution in [1.82, 2.24) is 9.88 Å². The molecule has 0 radical (unpaired) electrons. The average Bonchev–Trinajstić information content (AvgIpc) is 2.90. The maximum atomic E-state index is 12.6. The molecule has 3 heterocycles. The Labute approximate surface area is 159 Å². The Morgan fingerprint density at radius 3 is 2.41 bits per heavy atom. The predicted molar refractivity (Wildman–Crippen MR) is 105 cm³/mol. The van der Waals surface area contributed by atoms with Crippen LogP contribution in [0, 0.1) is 0 Å². The van der Waals surface area contributed by atoms with Crippen LogP contribution in [0.25, 0.3) is 0 Å². The molecule has 1 aromatic carbocycles. The van der Waals surface area contributed by atoms with Crippen LogP contribution in [0.1, 0.15) is 27.9 Å². The predicted octanol–water partition coefficient (Wildman–Crippen LogP) is 1.91. The second-order valence-corrected chi connectivity index (χ2v) is 9.45. The van der Waals surface area contributed by atoms with Crippen LogP contribution in [0.4, 0.5) is 5.82 Å². The van der Waals surface area contributed by atoms with E-state index in [2.05, 4.69) is 34.1 Å². The number of hydrogen-bond acceptors (Lipinski definition) is 5. The first-order valence-electron chi connectivity index (χ1n) is 9.29. The van der Waals surface area contributed by atoms with Gasteiger partial charge in [0.1, 0.15) is 5.82 Å². The lowest BCUT2D eigenvalue weighted by molar-refractivity contribution is 0.0770. The molecule has 0 atom stereocenters. The summed E-state index contributed by atoms with van der Waals surface area (Å²) < 4.78 is 23.1. The highest BCUT2D eigenvalue weighted by Gasteiger charge is 2.26. The van der Waals surface area contributed by atoms with Gasteiger partial charge in [-0.3, -0.25) is 4.79 Å². The molecule has 1 aromatic heterocycles. The third kappa shape index (κ3) is 3.98. The molecule has 0 unspecified atom stereocenters. The van der Waals surface area contributed by atoms with Gasteiger partial charge in [0.25, 0.3) is 5.91 Å². The van der Waals surface area contributed by atoms with Gasteiger partial charge in [-0.2, -0.15) is 0 Å². The number of benzene rings is 1. The lowest BCUT2D eigenvalue weighted by atomic mass is 10.0. The summed E-state index contributed by atoms with van der Waals surface area (Å²) in [6.45, 7) is 2.26. The van der Waals surface area contributed by atoms with E-state index in [4.69, 9.17) is 0 Å². The number of hydrogen-bond donors (Lipinski definition) is 0. The quantitative estimate of drug-likeness (QED) is 0.790. The molecular formula is C20H23N3O3S. The summed E-state index contributed by atoms with van der Waals surface area (Å²) in [6.07, 6.45) is 3.75. The van der Waals surface area contributed by atoms with Crippen LogP contribution in [0.5, 0.6) is 0 Å². The second kappa shape index (κ2) is 7.31. The minimum Gasteiger partial charge on any atom is -0.352 e. The summed E-state index contributed by atoms with van der Waals surface area (Å²) >= 11 is 0. The molecule has 2 aliphatic rings. The minimum absolute atomic E-state index is 0.0391. The number of nitrogens with zero attached hydrogens (tertiary/aromatic N) is 3. The van der Waals surface area contributed by atoms with Crippen LogP contribution in [-0.2, 0) is 22.8 Å². The number of carbonyl (C=O) groups excluding carboxylic acids is 1. The Bertz CT molecular complexity index is 927. The molecule has 6 nitrogen and oxygen atoms in total. The maximum Gasteiger partial charge on any atom is 0.255 e. The molecule has 0 spiro atoms. The van der Waals surface area contributed by atoms with E-state index in [1.54, 1.807) is 17.2 Å². The minimum atomic E-state index is -3.00. The van der Waals surface area contributed by atoms with Gasteiger partial charge in [0.15, 0.2) is 9.84 Å². The summed E-state index contributed by atoms with van der Waals surface area (Å²) in [5.41, 5.74) is 3.23. The van der Waals surface area contributed by atoms with Gasteiger partial charge in [0.05, 0.1) is 17.1 Å². The number of aromatic nitrogens is 1. The third-order valence-corrected chi connectivity index (χ3v) is 6.91. The summed E-state index contributed by atoms with van der Waals surface area (Å²) in [7, 11) is -3.00. The Morgan fingerprint density at radius 2 is 1.70 bits per heavy atom. The van der Waals surface area contributed by atoms with Crippen molar-refractivity contribution in [1.29, 1.82) is 0 Å². The zero-order valence-corrected chi connectivity index (χ0v) is 16.0. The molecular weight excluding hydrogens is 362 g/mol. The molecule has 1 saturated heterocycles. The lowest BCUT2D eigenvalue weighted by Gasteiger charge is -2.27. The number of amides is 1. The number of sulfone groups is 1. The van der Waals surface area contributed by atoms with Crippen molar-refractivity contribution in [2.45, 2.75) is 19.4 Å². The largest absolute Gasteiger partial charge is 0.352 e. The van der Waals surface area contributed by atoms with Crippen LogP contribution in [-0.4, -0.2) is 55.3 Å². The highest BCUT2D eigenvalue weighted by Crippen LogP contribution is 2.23. The number of carbonyl (C=O) groups is 1. The molecule has 142 valence electrons. The van der Waals surface area contributed by atoms with Gasteiger partial charge in [-0.1, -0.05) is 24.3 Å². The van der Waals surface area contributed by atoms with Gasteiger partial charge in [-0.25, -0.2) is 13.4 Å². The second-order valence-electron chi connectivity index (χ2n) is 7.14. The summed E-state index contributed by atoms with van der Waals surface area (Å²) in [5.74, 6) is 0.796. The first-order chi connectivity index (χ1) is 13.0. The highest BCUT2D eigenvalue weighted by atomic mass is 32.2. The third-order valence-electron chi connectivity index (χ3n) is 5.30. The van der Waals surface area contributed by atoms with E-state index in [0.29, 0.717) is 5.56 Å². The number of fused-ring (bicyclic) bond motifs is 1. The van der Waals surface area contributed by atoms with Crippen molar-refractivity contribution in [3.8, 4) is 0 Å². The molecule has 1 fully saturated rings. The van der Waals surface area contributed by atoms with E-state index < -0.39 is 9.84 Å². The van der Waals surface area contributed by atoms with Gasteiger partial charge < -0.3 is 9.80 Å². The van der Waals surface area contributed by atoms with Crippen molar-refractivity contribution in [2.24, 2.45) is 0 Å². The van der Waals surface area contributed by atoms with Crippen LogP contribution < -0.4 is 4.90 Å². The van der Waals surface area contributed by atoms with Crippen molar-refractivity contribution in [2.75, 3.05) is 36.0 Å². The average molecular weight is 385 g/mol. The van der Waals surface area contributed by atoms with Crippen molar-refractivity contribution in [3.05, 3.63) is 59.3 Å². The molecule has 4 rings (SSSR count). The Morgan fingerprint density at radius 1 is 0.963 bits per heavy atom. The van der Waals surface area contributed by atoms with Crippen LogP contribution in [0.2, 0.25) is 0 Å². The van der Waals surface area contributed by atoms with Crippen molar-refractivity contribution >= 4 is 21.6 Å². The van der Waals surface area contributed by atoms with Crippen LogP contribution in [0.3, 0.4) is 0 Å². The van der Waals surface area contributed by atoms with Gasteiger partial charge >= 0.3 is 0 Å². The fraction of sp³-hybridized carbons (Fsp3) is 0.400. The Balaban J connectivity index is 1.47. The molecule has 0 saturated carbocycles. The highest BCUT2D eigenvalue weighted by molar-refractivity contribution is 7.91. The first kappa shape index (κ1) is 18.0. The summed E-state index contributed by atoms with van der Waals surface area (Å²) in [6, 6.07) is 12.2. The van der Waals surface area contributed by atoms with Gasteiger partial charge in [-0.05, 0) is 36.1 Å². The lowest BCUT2D eigenvalue weighted by Crippen LogP contribution is -2.43. The van der Waals surface area contributed by atoms with Crippen LogP contribution in [0.15, 0.2) is 42.6 Å². The summed E-state index contributed by atoms with van der Waals surface area (Å²) in [5, 5.41) is 0. The molecule has 0 aliphatic carbocycles. The van der Waals surface area contributed by atoms with Crippen molar-refractivity contribution in [3.63, 3.8) is 0 Å². The molecule has 2 aromatic rings. The SMILES string of the molecule is O=C(c1ccc(N2CCCc3ccccc3C2)nc1)N1CCS(=O)(=O)CC1. The fourth-order valence-corrected chi connectivity index (χ4v) is 4.90. The molecule has 7 heteroatoms. The monoisotopic (exact) mass is 385 g/mol. The molecule has 0 N–H and O–H groups in total. The fourth-order valence-electron chi connectivity index (χ4n) is 3.69. The zero-order valence-electron chi connectivity index (χ0n) is 15.2. The Kier molecular flexibility index (Phi) is 4.86. The first-order valence-corrected chi connectivity index (χ1v) is 11.1. The van der Waals surface area contributed by atoms with E-state index >= 15 is 0 Å². The van der Waals surface area contributed by atoms with Gasteiger partial charge in [0, 0.05) is 32.4 Å². The topological polar surface area (TPSA) is 70.6 Å². The van der Waals surface area contributed by atoms with E-state index in [1.165, 1.54) is 11.1 Å². The van der Waals surface area contributed by atoms with E-state index in [9.17, 15) is 13.2 Å². The standard InChI is InChI=1S/C20H23N3O3S/c24-20(22-10-12-27(25,26)13-11-22)17-7-8-19(21-14-17)23-9-3-6-16-4-1-2-5-18(16)15-23/h1-2,4-5,7-8,14H,3,6,9-13,15H2. The van der Waals surface area contributed by atoms with Crippen LogP contribution >= 0.6 is 0 Å². The smallest absolute Gasteiger partial charge is 0.255 e. The zero-order chi connectivity index (χ0) is 18.9. The van der Waals surface area contributed by atoms with Gasteiger partial charge in [-0.15, -0.1) is 0 Å². The van der Waals surface area contributed by atoms with Gasteiger partial charge in [0.2, 0.25) is 0 Å². The summed E-state index contributed by atoms with van der Waals surface area (Å²) in [4.78, 5) is 21.0. The molecule has 2 aliphatic heterocycles. The maximum absolute atomic E-state index is 12.6. The number of aryl methyl sites for hydroxylation is 1. The molecule has 27 heavy (non-hydrogen) atoms. The molecule has 0 bridgehead atoms. The normalized spacial score (nSPS) is 19.3. The van der Waals surface area contributed by atoms with E-state index in [1.807, 2.05) is 6.07 Å². The number of pyridine rings is 1. The number of rotatable bonds is 2. The molecule has 1 amide bonds. The van der Waals surface area contributed by atoms with E-state index in [-0.39, 0.29) is 30.5 Å². The van der Waals surface area contributed by atoms with Crippen molar-refractivity contribution < 1.29 is 13.2 Å².